The number of thiophene rings is 1. The van der Waals surface area contributed by atoms with Crippen LogP contribution in [-0.4, -0.2) is 51.9 Å². The van der Waals surface area contributed by atoms with Crippen molar-refractivity contribution >= 4 is 33.4 Å². The Kier molecular flexibility index (Phi) is 5.88. The van der Waals surface area contributed by atoms with E-state index in [1.807, 2.05) is 63.1 Å². The van der Waals surface area contributed by atoms with Gasteiger partial charge in [-0.05, 0) is 60.0 Å². The average Bonchev–Trinajstić information content (AvgIpc) is 3.44. The van der Waals surface area contributed by atoms with Crippen LogP contribution in [0.15, 0.2) is 72.1 Å². The van der Waals surface area contributed by atoms with Crippen molar-refractivity contribution in [1.29, 1.82) is 0 Å². The van der Waals surface area contributed by atoms with Crippen LogP contribution in [0.4, 0.5) is 4.39 Å². The maximum atomic E-state index is 13.8. The quantitative estimate of drug-likeness (QED) is 0.369. The molecule has 1 saturated heterocycles. The molecule has 2 aromatic heterocycles. The van der Waals surface area contributed by atoms with Gasteiger partial charge in [0, 0.05) is 43.5 Å². The fraction of sp³-hybridized carbons (Fsp3) is 0.310. The van der Waals surface area contributed by atoms with Crippen LogP contribution >= 0.6 is 11.3 Å². The molecule has 0 unspecified atom stereocenters. The van der Waals surface area contributed by atoms with E-state index in [1.165, 1.54) is 17.7 Å². The molecule has 0 spiro atoms. The van der Waals surface area contributed by atoms with E-state index in [1.54, 1.807) is 17.4 Å². The molecular formula is C29H28FN3O2S. The van der Waals surface area contributed by atoms with Gasteiger partial charge in [0.25, 0.3) is 5.91 Å². The van der Waals surface area contributed by atoms with Crippen molar-refractivity contribution < 1.29 is 14.0 Å². The largest absolute Gasteiger partial charge is 0.336 e. The minimum absolute atomic E-state index is 0.0395. The van der Waals surface area contributed by atoms with E-state index >= 15 is 0 Å². The Hall–Kier alpha value is -3.45. The molecule has 1 saturated carbocycles. The Morgan fingerprint density at radius 1 is 1.03 bits per heavy atom. The van der Waals surface area contributed by atoms with Gasteiger partial charge in [0.15, 0.2) is 0 Å². The molecular weight excluding hydrogens is 473 g/mol. The summed E-state index contributed by atoms with van der Waals surface area (Å²) in [6.07, 6.45) is 0.902. The van der Waals surface area contributed by atoms with E-state index in [0.29, 0.717) is 37.8 Å². The van der Waals surface area contributed by atoms with E-state index in [9.17, 15) is 14.0 Å². The van der Waals surface area contributed by atoms with Gasteiger partial charge in [0.1, 0.15) is 16.3 Å². The number of carbonyl (C=O) groups excluding carboxylic acids is 2. The van der Waals surface area contributed by atoms with Crippen LogP contribution in [0, 0.1) is 11.7 Å². The van der Waals surface area contributed by atoms with Crippen LogP contribution in [-0.2, 0) is 11.3 Å². The summed E-state index contributed by atoms with van der Waals surface area (Å²) >= 11 is 1.58. The number of piperazine rings is 1. The molecule has 7 heteroatoms. The second-order valence-electron chi connectivity index (χ2n) is 9.92. The van der Waals surface area contributed by atoms with Gasteiger partial charge < -0.3 is 14.4 Å². The van der Waals surface area contributed by atoms with Crippen LogP contribution in [0.5, 0.6) is 0 Å². The predicted octanol–water partition coefficient (Wildman–Crippen LogP) is 5.37. The molecule has 0 bridgehead atoms. The fourth-order valence-electron chi connectivity index (χ4n) is 5.51. The van der Waals surface area contributed by atoms with E-state index in [4.69, 9.17) is 0 Å². The molecule has 0 N–H and O–H groups in total. The maximum Gasteiger partial charge on any atom is 0.270 e. The Balaban J connectivity index is 1.17. The van der Waals surface area contributed by atoms with Gasteiger partial charge in [0.05, 0.1) is 0 Å². The number of halogens is 1. The third kappa shape index (κ3) is 4.22. The lowest BCUT2D eigenvalue weighted by Crippen LogP contribution is -2.56. The normalized spacial score (nSPS) is 21.7. The zero-order valence-electron chi connectivity index (χ0n) is 20.1. The third-order valence-corrected chi connectivity index (χ3v) is 8.44. The number of fused-ring (bicyclic) bond motifs is 1. The van der Waals surface area contributed by atoms with Crippen molar-refractivity contribution in [1.82, 2.24) is 14.4 Å². The van der Waals surface area contributed by atoms with Crippen molar-refractivity contribution in [3.63, 3.8) is 0 Å². The van der Waals surface area contributed by atoms with Gasteiger partial charge >= 0.3 is 0 Å². The Morgan fingerprint density at radius 3 is 2.64 bits per heavy atom. The SMILES string of the molecule is C[C@H]1CN(C(=O)c2cc3ccsc3n2Cc2cccc(F)c2)CCN1C(=O)[C@@H]1C[C@H]1c1ccccc1. The second kappa shape index (κ2) is 9.21. The van der Waals surface area contributed by atoms with Crippen LogP contribution in [0.1, 0.15) is 40.9 Å². The number of aromatic nitrogens is 1. The Morgan fingerprint density at radius 2 is 1.86 bits per heavy atom. The molecule has 1 aliphatic carbocycles. The molecule has 2 amide bonds. The van der Waals surface area contributed by atoms with Crippen LogP contribution < -0.4 is 0 Å². The molecule has 0 radical (unpaired) electrons. The molecule has 36 heavy (non-hydrogen) atoms. The number of hydrogen-bond acceptors (Lipinski definition) is 3. The first-order chi connectivity index (χ1) is 17.5. The number of carbonyl (C=O) groups is 2. The van der Waals surface area contributed by atoms with Crippen LogP contribution in [0.3, 0.4) is 0 Å². The third-order valence-electron chi connectivity index (χ3n) is 7.48. The minimum Gasteiger partial charge on any atom is -0.336 e. The van der Waals surface area contributed by atoms with Crippen molar-refractivity contribution in [2.75, 3.05) is 19.6 Å². The van der Waals surface area contributed by atoms with Crippen molar-refractivity contribution in [3.05, 3.63) is 94.7 Å². The smallest absolute Gasteiger partial charge is 0.270 e. The van der Waals surface area contributed by atoms with Gasteiger partial charge in [-0.3, -0.25) is 9.59 Å². The highest BCUT2D eigenvalue weighted by Gasteiger charge is 2.47. The van der Waals surface area contributed by atoms with Gasteiger partial charge in [0.2, 0.25) is 5.91 Å². The first-order valence-electron chi connectivity index (χ1n) is 12.5. The number of benzene rings is 2. The summed E-state index contributed by atoms with van der Waals surface area (Å²) in [7, 11) is 0. The lowest BCUT2D eigenvalue weighted by Gasteiger charge is -2.40. The van der Waals surface area contributed by atoms with Crippen molar-refractivity contribution in [3.8, 4) is 0 Å². The number of rotatable bonds is 5. The van der Waals surface area contributed by atoms with Gasteiger partial charge in [-0.15, -0.1) is 11.3 Å². The number of nitrogens with zero attached hydrogens (tertiary/aromatic N) is 3. The molecule has 6 rings (SSSR count). The summed E-state index contributed by atoms with van der Waals surface area (Å²) in [4.78, 5) is 31.8. The predicted molar refractivity (Wildman–Crippen MR) is 140 cm³/mol. The molecule has 3 atom stereocenters. The Bertz CT molecular complexity index is 1430. The number of amides is 2. The van der Waals surface area contributed by atoms with Crippen LogP contribution in [0.25, 0.3) is 10.2 Å². The molecule has 4 aromatic rings. The van der Waals surface area contributed by atoms with Crippen LogP contribution in [0.2, 0.25) is 0 Å². The van der Waals surface area contributed by atoms with E-state index in [-0.39, 0.29) is 29.6 Å². The van der Waals surface area contributed by atoms with E-state index < -0.39 is 0 Å². The lowest BCUT2D eigenvalue weighted by atomic mass is 10.1. The summed E-state index contributed by atoms with van der Waals surface area (Å²) in [5.41, 5.74) is 2.66. The number of hydrogen-bond donors (Lipinski definition) is 0. The van der Waals surface area contributed by atoms with Gasteiger partial charge in [-0.1, -0.05) is 42.5 Å². The zero-order chi connectivity index (χ0) is 24.8. The summed E-state index contributed by atoms with van der Waals surface area (Å²) in [5.74, 6) is 0.243. The summed E-state index contributed by atoms with van der Waals surface area (Å²) < 4.78 is 15.8. The van der Waals surface area contributed by atoms with E-state index in [2.05, 4.69) is 12.1 Å². The molecule has 3 heterocycles. The Labute approximate surface area is 213 Å². The average molecular weight is 502 g/mol. The molecule has 5 nitrogen and oxygen atoms in total. The summed E-state index contributed by atoms with van der Waals surface area (Å²) in [6.45, 7) is 4.02. The molecule has 184 valence electrons. The van der Waals surface area contributed by atoms with Gasteiger partial charge in [-0.2, -0.15) is 0 Å². The monoisotopic (exact) mass is 501 g/mol. The first kappa shape index (κ1) is 23.0. The topological polar surface area (TPSA) is 45.6 Å². The molecule has 1 aliphatic heterocycles. The van der Waals surface area contributed by atoms with E-state index in [0.717, 1.165) is 22.2 Å². The second-order valence-corrected chi connectivity index (χ2v) is 10.8. The highest BCUT2D eigenvalue weighted by Crippen LogP contribution is 2.48. The van der Waals surface area contributed by atoms with Crippen molar-refractivity contribution in [2.24, 2.45) is 5.92 Å². The molecule has 2 aromatic carbocycles. The van der Waals surface area contributed by atoms with Gasteiger partial charge in [-0.25, -0.2) is 4.39 Å². The molecule has 2 fully saturated rings. The zero-order valence-corrected chi connectivity index (χ0v) is 21.0. The summed E-state index contributed by atoms with van der Waals surface area (Å²) in [6, 6.07) is 20.7. The summed E-state index contributed by atoms with van der Waals surface area (Å²) in [5, 5.41) is 3.02. The fourth-order valence-corrected chi connectivity index (χ4v) is 6.40. The first-order valence-corrected chi connectivity index (χ1v) is 13.3. The standard InChI is InChI=1S/C29H28FN3O2S/c1-19-17-31(11-12-32(19)27(34)25-16-24(25)21-7-3-2-4-8-21)28(35)26-15-22-10-13-36-29(22)33(26)18-20-6-5-9-23(30)14-20/h2-10,13-15,19,24-25H,11-12,16-18H2,1H3/t19-,24-,25+/m0/s1. The lowest BCUT2D eigenvalue weighted by molar-refractivity contribution is -0.136. The minimum atomic E-state index is -0.283. The highest BCUT2D eigenvalue weighted by molar-refractivity contribution is 7.16. The molecule has 2 aliphatic rings. The highest BCUT2D eigenvalue weighted by atomic mass is 32.1. The van der Waals surface area contributed by atoms with Crippen molar-refractivity contribution in [2.45, 2.75) is 31.8 Å². The maximum absolute atomic E-state index is 13.8.